The first-order valence-electron chi connectivity index (χ1n) is 4.84. The number of hydrogen-bond donors (Lipinski definition) is 4. The SMILES string of the molecule is NC(=S)NNC(=O)/C=C/c1ccc(O)c(C=O)c1. The standard InChI is InChI=1S/C11H11N3O3S/c12-11(18)14-13-10(17)4-2-7-1-3-9(16)8(5-7)6-15/h1-6,16H,(H,13,17)(H3,12,14,18)/b4-2+. The van der Waals surface area contributed by atoms with E-state index >= 15 is 0 Å². The molecule has 0 aliphatic rings. The molecule has 5 N–H and O–H groups in total. The highest BCUT2D eigenvalue weighted by atomic mass is 32.1. The third-order valence-electron chi connectivity index (χ3n) is 1.91. The van der Waals surface area contributed by atoms with Crippen LogP contribution in [0.2, 0.25) is 0 Å². The number of benzene rings is 1. The first kappa shape index (κ1) is 13.7. The minimum atomic E-state index is -0.455. The molecule has 1 aromatic carbocycles. The number of thiocarbonyl (C=S) groups is 1. The summed E-state index contributed by atoms with van der Waals surface area (Å²) in [7, 11) is 0. The van der Waals surface area contributed by atoms with Crippen molar-refractivity contribution in [1.82, 2.24) is 10.9 Å². The summed E-state index contributed by atoms with van der Waals surface area (Å²) in [5, 5.41) is 9.23. The van der Waals surface area contributed by atoms with Gasteiger partial charge in [0.15, 0.2) is 11.4 Å². The maximum Gasteiger partial charge on any atom is 0.262 e. The van der Waals surface area contributed by atoms with Crippen LogP contribution < -0.4 is 16.6 Å². The minimum Gasteiger partial charge on any atom is -0.507 e. The van der Waals surface area contributed by atoms with Gasteiger partial charge in [-0.2, -0.15) is 0 Å². The molecule has 0 spiro atoms. The Morgan fingerprint density at radius 3 is 2.72 bits per heavy atom. The lowest BCUT2D eigenvalue weighted by Gasteiger charge is -2.02. The van der Waals surface area contributed by atoms with Crippen LogP contribution in [-0.4, -0.2) is 22.4 Å². The summed E-state index contributed by atoms with van der Waals surface area (Å²) in [6.07, 6.45) is 3.23. The monoisotopic (exact) mass is 265 g/mol. The van der Waals surface area contributed by atoms with Crippen LogP contribution >= 0.6 is 12.2 Å². The third kappa shape index (κ3) is 4.22. The number of nitrogens with two attached hydrogens (primary N) is 1. The van der Waals surface area contributed by atoms with E-state index in [0.29, 0.717) is 11.8 Å². The normalized spacial score (nSPS) is 10.0. The van der Waals surface area contributed by atoms with Gasteiger partial charge in [0.2, 0.25) is 0 Å². The number of carbonyl (C=O) groups excluding carboxylic acids is 2. The molecule has 18 heavy (non-hydrogen) atoms. The molecular weight excluding hydrogens is 254 g/mol. The molecule has 0 saturated heterocycles. The van der Waals surface area contributed by atoms with Crippen molar-refractivity contribution in [2.24, 2.45) is 5.73 Å². The van der Waals surface area contributed by atoms with Gasteiger partial charge < -0.3 is 10.8 Å². The van der Waals surface area contributed by atoms with Crippen LogP contribution in [0.15, 0.2) is 24.3 Å². The van der Waals surface area contributed by atoms with Crippen molar-refractivity contribution in [1.29, 1.82) is 0 Å². The topological polar surface area (TPSA) is 104 Å². The van der Waals surface area contributed by atoms with Crippen molar-refractivity contribution in [3.8, 4) is 5.75 Å². The number of aldehydes is 1. The summed E-state index contributed by atoms with van der Waals surface area (Å²) in [4.78, 5) is 21.8. The highest BCUT2D eigenvalue weighted by molar-refractivity contribution is 7.80. The Bertz CT molecular complexity index is 514. The Hall–Kier alpha value is -2.41. The van der Waals surface area contributed by atoms with Gasteiger partial charge in [-0.3, -0.25) is 20.4 Å². The molecule has 1 aromatic rings. The van der Waals surface area contributed by atoms with Crippen LogP contribution in [0.3, 0.4) is 0 Å². The van der Waals surface area contributed by atoms with Gasteiger partial charge >= 0.3 is 0 Å². The van der Waals surface area contributed by atoms with Crippen molar-refractivity contribution in [2.45, 2.75) is 0 Å². The molecule has 0 aliphatic heterocycles. The Labute approximate surface area is 108 Å². The second-order valence-electron chi connectivity index (χ2n) is 3.25. The van der Waals surface area contributed by atoms with Gasteiger partial charge in [0.1, 0.15) is 5.75 Å². The largest absolute Gasteiger partial charge is 0.507 e. The van der Waals surface area contributed by atoms with E-state index in [2.05, 4.69) is 23.1 Å². The van der Waals surface area contributed by atoms with Crippen LogP contribution in [0.25, 0.3) is 6.08 Å². The summed E-state index contributed by atoms with van der Waals surface area (Å²) in [5.41, 5.74) is 10.4. The lowest BCUT2D eigenvalue weighted by atomic mass is 10.1. The number of hydrazine groups is 1. The van der Waals surface area contributed by atoms with Crippen LogP contribution in [0.1, 0.15) is 15.9 Å². The maximum absolute atomic E-state index is 11.2. The van der Waals surface area contributed by atoms with Gasteiger partial charge in [-0.15, -0.1) is 0 Å². The molecule has 6 nitrogen and oxygen atoms in total. The van der Waals surface area contributed by atoms with E-state index in [9.17, 15) is 14.7 Å². The average Bonchev–Trinajstić information content (AvgIpc) is 2.35. The van der Waals surface area contributed by atoms with Gasteiger partial charge in [0, 0.05) is 6.08 Å². The van der Waals surface area contributed by atoms with Gasteiger partial charge in [0.25, 0.3) is 5.91 Å². The van der Waals surface area contributed by atoms with Crippen LogP contribution in [0, 0.1) is 0 Å². The zero-order chi connectivity index (χ0) is 13.5. The number of rotatable bonds is 3. The number of hydrogen-bond acceptors (Lipinski definition) is 4. The molecule has 0 atom stereocenters. The zero-order valence-electron chi connectivity index (χ0n) is 9.21. The molecule has 0 aliphatic carbocycles. The van der Waals surface area contributed by atoms with Crippen LogP contribution in [0.5, 0.6) is 5.75 Å². The Kier molecular flexibility index (Phi) is 4.82. The molecule has 1 rings (SSSR count). The number of amides is 1. The van der Waals surface area contributed by atoms with E-state index in [0.717, 1.165) is 0 Å². The molecule has 1 amide bonds. The number of aromatic hydroxyl groups is 1. The zero-order valence-corrected chi connectivity index (χ0v) is 10.0. The van der Waals surface area contributed by atoms with E-state index in [1.807, 2.05) is 0 Å². The number of phenols is 1. The highest BCUT2D eigenvalue weighted by Crippen LogP contribution is 2.17. The average molecular weight is 265 g/mol. The fourth-order valence-electron chi connectivity index (χ4n) is 1.11. The summed E-state index contributed by atoms with van der Waals surface area (Å²) < 4.78 is 0. The van der Waals surface area contributed by atoms with E-state index in [1.54, 1.807) is 6.07 Å². The van der Waals surface area contributed by atoms with Crippen molar-refractivity contribution in [3.05, 3.63) is 35.4 Å². The highest BCUT2D eigenvalue weighted by Gasteiger charge is 2.00. The smallest absolute Gasteiger partial charge is 0.262 e. The molecule has 7 heteroatoms. The second-order valence-corrected chi connectivity index (χ2v) is 3.69. The molecule has 0 fully saturated rings. The van der Waals surface area contributed by atoms with Gasteiger partial charge in [0.05, 0.1) is 5.56 Å². The van der Waals surface area contributed by atoms with E-state index in [1.165, 1.54) is 24.3 Å². The predicted molar refractivity (Wildman–Crippen MR) is 70.6 cm³/mol. The lowest BCUT2D eigenvalue weighted by molar-refractivity contribution is -0.116. The summed E-state index contributed by atoms with van der Waals surface area (Å²) in [5.74, 6) is -0.565. The Morgan fingerprint density at radius 2 is 2.11 bits per heavy atom. The fraction of sp³-hybridized carbons (Fsp3) is 0. The fourth-order valence-corrected chi connectivity index (χ4v) is 1.16. The summed E-state index contributed by atoms with van der Waals surface area (Å²) >= 11 is 4.50. The second kappa shape index (κ2) is 6.36. The van der Waals surface area contributed by atoms with Crippen molar-refractivity contribution in [3.63, 3.8) is 0 Å². The first-order valence-corrected chi connectivity index (χ1v) is 5.25. The maximum atomic E-state index is 11.2. The molecule has 94 valence electrons. The number of phenolic OH excluding ortho intramolecular Hbond substituents is 1. The minimum absolute atomic E-state index is 0.0513. The molecule has 0 radical (unpaired) electrons. The Morgan fingerprint density at radius 1 is 1.39 bits per heavy atom. The number of carbonyl (C=O) groups is 2. The summed E-state index contributed by atoms with van der Waals surface area (Å²) in [6.45, 7) is 0. The number of nitrogens with one attached hydrogen (secondary N) is 2. The van der Waals surface area contributed by atoms with Crippen LogP contribution in [-0.2, 0) is 4.79 Å². The van der Waals surface area contributed by atoms with Gasteiger partial charge in [-0.05, 0) is 36.0 Å². The van der Waals surface area contributed by atoms with Gasteiger partial charge in [-0.1, -0.05) is 6.07 Å². The van der Waals surface area contributed by atoms with E-state index in [4.69, 9.17) is 5.73 Å². The Balaban J connectivity index is 2.69. The summed E-state index contributed by atoms with van der Waals surface area (Å²) in [6, 6.07) is 4.38. The molecule has 0 aromatic heterocycles. The molecule has 0 saturated carbocycles. The quantitative estimate of drug-likeness (QED) is 0.267. The van der Waals surface area contributed by atoms with Gasteiger partial charge in [-0.25, -0.2) is 0 Å². The first-order chi connectivity index (χ1) is 8.52. The molecular formula is C11H11N3O3S. The molecule has 0 unspecified atom stereocenters. The van der Waals surface area contributed by atoms with E-state index in [-0.39, 0.29) is 16.4 Å². The molecule has 0 heterocycles. The van der Waals surface area contributed by atoms with Crippen molar-refractivity contribution < 1.29 is 14.7 Å². The van der Waals surface area contributed by atoms with Crippen molar-refractivity contribution >= 4 is 35.6 Å². The molecule has 0 bridgehead atoms. The third-order valence-corrected chi connectivity index (χ3v) is 2.02. The predicted octanol–water partition coefficient (Wildman–Crippen LogP) is 0.0823. The van der Waals surface area contributed by atoms with Crippen LogP contribution in [0.4, 0.5) is 0 Å². The van der Waals surface area contributed by atoms with Crippen molar-refractivity contribution in [2.75, 3.05) is 0 Å². The lowest BCUT2D eigenvalue weighted by Crippen LogP contribution is -2.43. The van der Waals surface area contributed by atoms with E-state index < -0.39 is 5.91 Å².